The van der Waals surface area contributed by atoms with Crippen LogP contribution in [0, 0.1) is 0 Å². The fraction of sp³-hybridized carbons (Fsp3) is 0. The van der Waals surface area contributed by atoms with Gasteiger partial charge < -0.3 is 0 Å². The Balaban J connectivity index is 0.000000135. The maximum atomic E-state index is 2.23. The van der Waals surface area contributed by atoms with Crippen LogP contribution in [0.4, 0.5) is 0 Å². The normalized spacial score (nSPS) is 10.4. The summed E-state index contributed by atoms with van der Waals surface area (Å²) >= 11 is 0. The maximum absolute atomic E-state index is 2.23. The molecule has 0 saturated heterocycles. The van der Waals surface area contributed by atoms with Crippen LogP contribution >= 0.6 is 55.7 Å². The summed E-state index contributed by atoms with van der Waals surface area (Å²) < 4.78 is 0. The van der Waals surface area contributed by atoms with Gasteiger partial charge in [-0.1, -0.05) is 364 Å². The van der Waals surface area contributed by atoms with Gasteiger partial charge in [-0.25, -0.2) is 0 Å². The number of benzene rings is 12. The Labute approximate surface area is 479 Å². The smallest absolute Gasteiger partial charge is 0.0134 e. The molecule has 0 radical (unpaired) electrons. The van der Waals surface area contributed by atoms with Gasteiger partial charge in [-0.15, -0.1) is 24.0 Å². The molecule has 0 saturated carbocycles. The van der Waals surface area contributed by atoms with E-state index in [1.807, 2.05) is 0 Å². The Bertz CT molecular complexity index is 2580. The van der Waals surface area contributed by atoms with Gasteiger partial charge >= 0.3 is 0 Å². The van der Waals surface area contributed by atoms with Crippen molar-refractivity contribution in [1.82, 2.24) is 0 Å². The average molecular weight is 1180 g/mol. The molecule has 0 aliphatic heterocycles. The van der Waals surface area contributed by atoms with Gasteiger partial charge in [0.25, 0.3) is 0 Å². The maximum Gasteiger partial charge on any atom is -0.0134 e. The van der Waals surface area contributed by atoms with Gasteiger partial charge in [-0.2, -0.15) is 0 Å². The molecule has 0 amide bonds. The van der Waals surface area contributed by atoms with E-state index in [2.05, 4.69) is 364 Å². The average Bonchev–Trinajstić information content (AvgIpc) is 3.51. The highest BCUT2D eigenvalue weighted by Crippen LogP contribution is 2.35. The van der Waals surface area contributed by atoms with E-state index in [4.69, 9.17) is 0 Å². The monoisotopic (exact) mass is 1180 g/mol. The molecule has 0 fully saturated rings. The molecule has 12 rings (SSSR count). The van der Waals surface area contributed by atoms with Gasteiger partial charge in [-0.05, 0) is 95.3 Å². The lowest BCUT2D eigenvalue weighted by Gasteiger charge is -2.18. The summed E-state index contributed by atoms with van der Waals surface area (Å²) in [6.45, 7) is 0. The lowest BCUT2D eigenvalue weighted by Crippen LogP contribution is -2.20. The van der Waals surface area contributed by atoms with E-state index in [9.17, 15) is 0 Å². The molecule has 376 valence electrons. The van der Waals surface area contributed by atoms with Crippen molar-refractivity contribution in [3.8, 4) is 0 Å². The summed E-state index contributed by atoms with van der Waals surface area (Å²) in [7, 11) is -1.78. The summed E-state index contributed by atoms with van der Waals surface area (Å²) in [4.78, 5) is 0. The van der Waals surface area contributed by atoms with E-state index in [0.717, 1.165) is 0 Å². The van der Waals surface area contributed by atoms with Crippen molar-refractivity contribution in [2.75, 3.05) is 0 Å². The van der Waals surface area contributed by atoms with Gasteiger partial charge in [0.05, 0.1) is 0 Å². The molecule has 12 aromatic carbocycles. The molecule has 5 heteroatoms. The van der Waals surface area contributed by atoms with Crippen molar-refractivity contribution in [2.24, 2.45) is 0 Å². The Morgan fingerprint density at radius 1 is 0.104 bits per heavy atom. The Morgan fingerprint density at radius 3 is 0.234 bits per heavy atom. The largest absolute Gasteiger partial charge is 0.107 e. The third-order valence-electron chi connectivity index (χ3n) is 12.2. The van der Waals surface area contributed by atoms with E-state index in [0.29, 0.717) is 0 Å². The van der Waals surface area contributed by atoms with Crippen LogP contribution in [0.3, 0.4) is 0 Å². The molecule has 0 unspecified atom stereocenters. The molecular formula is C72H61IP4. The van der Waals surface area contributed by atoms with E-state index < -0.39 is 31.7 Å². The predicted molar refractivity (Wildman–Crippen MR) is 356 cm³/mol. The van der Waals surface area contributed by atoms with E-state index in [1.54, 1.807) is 0 Å². The van der Waals surface area contributed by atoms with Crippen LogP contribution in [0.5, 0.6) is 0 Å². The van der Waals surface area contributed by atoms with E-state index in [-0.39, 0.29) is 24.0 Å². The zero-order chi connectivity index (χ0) is 51.7. The van der Waals surface area contributed by atoms with Gasteiger partial charge in [0.1, 0.15) is 0 Å². The van der Waals surface area contributed by atoms with E-state index >= 15 is 0 Å². The molecule has 0 aliphatic rings. The minimum Gasteiger partial charge on any atom is -0.107 e. The first-order valence-corrected chi connectivity index (χ1v) is 31.0. The molecule has 0 aromatic heterocycles. The molecule has 0 N–H and O–H groups in total. The van der Waals surface area contributed by atoms with Crippen molar-refractivity contribution < 1.29 is 0 Å². The molecule has 0 atom stereocenters. The zero-order valence-corrected chi connectivity index (χ0v) is 48.7. The van der Waals surface area contributed by atoms with Gasteiger partial charge in [-0.3, -0.25) is 0 Å². The SMILES string of the molecule is I.c1ccc(P(c2ccccc2)c2ccccc2)cc1.c1ccc(P(c2ccccc2)c2ccccc2)cc1.c1ccc(P(c2ccccc2)c2ccccc2)cc1.c1ccc(P(c2ccccc2)c2ccccc2)cc1. The van der Waals surface area contributed by atoms with Crippen LogP contribution in [0.15, 0.2) is 364 Å². The fourth-order valence-electron chi connectivity index (χ4n) is 8.71. The van der Waals surface area contributed by atoms with Crippen molar-refractivity contribution in [1.29, 1.82) is 0 Å². The van der Waals surface area contributed by atoms with Crippen molar-refractivity contribution in [3.05, 3.63) is 364 Å². The Kier molecular flexibility index (Phi) is 22.9. The number of rotatable bonds is 12. The first kappa shape index (κ1) is 56.3. The summed E-state index contributed by atoms with van der Waals surface area (Å²) in [6, 6.07) is 129. The number of hydrogen-bond acceptors (Lipinski definition) is 0. The first-order valence-electron chi connectivity index (χ1n) is 25.6. The van der Waals surface area contributed by atoms with Crippen LogP contribution in [0.2, 0.25) is 0 Å². The zero-order valence-electron chi connectivity index (χ0n) is 42.8. The van der Waals surface area contributed by atoms with Gasteiger partial charge in [0, 0.05) is 0 Å². The van der Waals surface area contributed by atoms with Crippen molar-refractivity contribution in [3.63, 3.8) is 0 Å². The Hall–Kier alpha value is -6.91. The molecule has 0 aliphatic carbocycles. The van der Waals surface area contributed by atoms with Crippen molar-refractivity contribution >= 4 is 119 Å². The van der Waals surface area contributed by atoms with Gasteiger partial charge in [0.2, 0.25) is 0 Å². The topological polar surface area (TPSA) is 0 Å². The molecule has 0 nitrogen and oxygen atoms in total. The highest BCUT2D eigenvalue weighted by atomic mass is 127. The van der Waals surface area contributed by atoms with Crippen LogP contribution < -0.4 is 63.7 Å². The Morgan fingerprint density at radius 2 is 0.169 bits per heavy atom. The molecular weight excluding hydrogens is 1120 g/mol. The lowest BCUT2D eigenvalue weighted by molar-refractivity contribution is 1.74. The second kappa shape index (κ2) is 31.3. The minimum absolute atomic E-state index is 0. The third-order valence-corrected chi connectivity index (χ3v) is 21.9. The molecule has 0 spiro atoms. The quantitative estimate of drug-likeness (QED) is 0.0845. The number of halogens is 1. The fourth-order valence-corrected chi connectivity index (χ4v) is 17.9. The van der Waals surface area contributed by atoms with Gasteiger partial charge in [0.15, 0.2) is 0 Å². The number of hydrogen-bond donors (Lipinski definition) is 0. The van der Waals surface area contributed by atoms with Crippen molar-refractivity contribution in [2.45, 2.75) is 0 Å². The minimum atomic E-state index is -0.446. The summed E-state index contributed by atoms with van der Waals surface area (Å²) in [5.74, 6) is 0. The second-order valence-electron chi connectivity index (χ2n) is 17.4. The highest BCUT2D eigenvalue weighted by Gasteiger charge is 2.18. The molecule has 0 heterocycles. The van der Waals surface area contributed by atoms with Crippen LogP contribution in [-0.2, 0) is 0 Å². The molecule has 0 bridgehead atoms. The van der Waals surface area contributed by atoms with E-state index in [1.165, 1.54) is 63.7 Å². The summed E-state index contributed by atoms with van der Waals surface area (Å²) in [6.07, 6.45) is 0. The first-order chi connectivity index (χ1) is 37.8. The lowest BCUT2D eigenvalue weighted by atomic mass is 10.4. The van der Waals surface area contributed by atoms with Crippen LogP contribution in [0.1, 0.15) is 0 Å². The summed E-state index contributed by atoms with van der Waals surface area (Å²) in [5.41, 5.74) is 0. The standard InChI is InChI=1S/4C18H15P.HI/c4*1-4-10-16(11-5-1)19(17-12-6-2-7-13-17)18-14-8-3-9-15-18;/h4*1-15H;1H. The predicted octanol–water partition coefficient (Wildman–Crippen LogP) is 14.4. The molecule has 77 heavy (non-hydrogen) atoms. The van der Waals surface area contributed by atoms with Crippen LogP contribution in [0.25, 0.3) is 0 Å². The second-order valence-corrected chi connectivity index (χ2v) is 26.2. The third kappa shape index (κ3) is 16.5. The summed E-state index contributed by atoms with van der Waals surface area (Å²) in [5, 5.41) is 16.8. The van der Waals surface area contributed by atoms with Crippen LogP contribution in [-0.4, -0.2) is 0 Å². The molecule has 12 aromatic rings. The highest BCUT2D eigenvalue weighted by molar-refractivity contribution is 14.0.